The first-order valence-electron chi connectivity index (χ1n) is 6.42. The Labute approximate surface area is 107 Å². The van der Waals surface area contributed by atoms with E-state index in [4.69, 9.17) is 10.2 Å². The van der Waals surface area contributed by atoms with Crippen LogP contribution >= 0.6 is 0 Å². The zero-order chi connectivity index (χ0) is 13.6. The maximum absolute atomic E-state index is 11.4. The van der Waals surface area contributed by atoms with Crippen molar-refractivity contribution in [2.45, 2.75) is 45.1 Å². The van der Waals surface area contributed by atoms with Crippen LogP contribution in [0, 0.1) is 5.41 Å². The highest BCUT2D eigenvalue weighted by Gasteiger charge is 2.35. The summed E-state index contributed by atoms with van der Waals surface area (Å²) >= 11 is 0. The molecule has 0 aromatic heterocycles. The minimum absolute atomic E-state index is 0.0155. The number of rotatable bonds is 7. The highest BCUT2D eigenvalue weighted by atomic mass is 16.4. The Morgan fingerprint density at radius 1 is 1.33 bits per heavy atom. The van der Waals surface area contributed by atoms with Crippen LogP contribution < -0.4 is 10.6 Å². The van der Waals surface area contributed by atoms with Crippen molar-refractivity contribution in [2.75, 3.05) is 13.1 Å². The Hall–Kier alpha value is -1.30. The number of carbonyl (C=O) groups is 2. The summed E-state index contributed by atoms with van der Waals surface area (Å²) in [5.41, 5.74) is 0.262. The van der Waals surface area contributed by atoms with Crippen molar-refractivity contribution in [3.63, 3.8) is 0 Å². The molecule has 2 amide bonds. The third-order valence-electron chi connectivity index (χ3n) is 3.78. The zero-order valence-corrected chi connectivity index (χ0v) is 10.7. The van der Waals surface area contributed by atoms with Crippen LogP contribution in [0.15, 0.2) is 0 Å². The lowest BCUT2D eigenvalue weighted by Crippen LogP contribution is -2.45. The summed E-state index contributed by atoms with van der Waals surface area (Å²) in [6.07, 6.45) is 3.19. The van der Waals surface area contributed by atoms with Gasteiger partial charge in [-0.3, -0.25) is 0 Å². The van der Waals surface area contributed by atoms with Gasteiger partial charge in [-0.1, -0.05) is 13.3 Å². The predicted octanol–water partition coefficient (Wildman–Crippen LogP) is 0.701. The molecule has 1 atom stereocenters. The first-order chi connectivity index (χ1) is 8.49. The van der Waals surface area contributed by atoms with Gasteiger partial charge in [-0.2, -0.15) is 0 Å². The maximum atomic E-state index is 11.4. The monoisotopic (exact) mass is 258 g/mol. The highest BCUT2D eigenvalue weighted by molar-refractivity contribution is 5.74. The Morgan fingerprint density at radius 2 is 2.00 bits per heavy atom. The first kappa shape index (κ1) is 14.8. The van der Waals surface area contributed by atoms with Crippen molar-refractivity contribution in [3.8, 4) is 0 Å². The number of aliphatic hydroxyl groups excluding tert-OH is 1. The highest BCUT2D eigenvalue weighted by Crippen LogP contribution is 2.42. The summed E-state index contributed by atoms with van der Waals surface area (Å²) in [6.45, 7) is 2.94. The Bertz CT molecular complexity index is 297. The van der Waals surface area contributed by atoms with Crippen LogP contribution in [0.1, 0.15) is 39.0 Å². The lowest BCUT2D eigenvalue weighted by atomic mass is 9.67. The van der Waals surface area contributed by atoms with Crippen LogP contribution in [0.3, 0.4) is 0 Å². The molecular formula is C12H22N2O4. The van der Waals surface area contributed by atoms with Gasteiger partial charge < -0.3 is 20.8 Å². The van der Waals surface area contributed by atoms with Crippen LogP contribution in [0.4, 0.5) is 4.79 Å². The SMILES string of the molecule is CCC1(CNC(=O)NCC[C@H](O)C(=O)O)CCC1. The summed E-state index contributed by atoms with van der Waals surface area (Å²) in [5.74, 6) is -1.27. The molecule has 0 spiro atoms. The van der Waals surface area contributed by atoms with E-state index < -0.39 is 12.1 Å². The molecule has 6 heteroatoms. The summed E-state index contributed by atoms with van der Waals surface area (Å²) in [6, 6.07) is -0.299. The number of aliphatic carboxylic acids is 1. The Morgan fingerprint density at radius 3 is 2.44 bits per heavy atom. The lowest BCUT2D eigenvalue weighted by molar-refractivity contribution is -0.146. The first-order valence-corrected chi connectivity index (χ1v) is 6.42. The van der Waals surface area contributed by atoms with E-state index >= 15 is 0 Å². The fourth-order valence-electron chi connectivity index (χ4n) is 2.11. The molecule has 0 radical (unpaired) electrons. The standard InChI is InChI=1S/C12H22N2O4/c1-2-12(5-3-6-12)8-14-11(18)13-7-4-9(15)10(16)17/h9,15H,2-8H2,1H3,(H,16,17)(H2,13,14,18)/t9-/m0/s1. The molecule has 1 rings (SSSR count). The van der Waals surface area contributed by atoms with Gasteiger partial charge in [-0.15, -0.1) is 0 Å². The van der Waals surface area contributed by atoms with Gasteiger partial charge >= 0.3 is 12.0 Å². The van der Waals surface area contributed by atoms with E-state index in [0.717, 1.165) is 19.3 Å². The third kappa shape index (κ3) is 4.18. The van der Waals surface area contributed by atoms with Crippen LogP contribution in [-0.2, 0) is 4.79 Å². The number of hydrogen-bond donors (Lipinski definition) is 4. The van der Waals surface area contributed by atoms with E-state index in [2.05, 4.69) is 17.6 Å². The molecule has 104 valence electrons. The minimum Gasteiger partial charge on any atom is -0.479 e. The van der Waals surface area contributed by atoms with E-state index in [1.54, 1.807) is 0 Å². The molecule has 0 saturated heterocycles. The molecule has 1 fully saturated rings. The summed E-state index contributed by atoms with van der Waals surface area (Å²) < 4.78 is 0. The molecule has 1 aliphatic rings. The van der Waals surface area contributed by atoms with E-state index in [0.29, 0.717) is 6.54 Å². The molecule has 0 aromatic rings. The van der Waals surface area contributed by atoms with Gasteiger partial charge in [0.1, 0.15) is 0 Å². The molecule has 6 nitrogen and oxygen atoms in total. The molecule has 0 unspecified atom stereocenters. The molecule has 0 heterocycles. The molecule has 0 aromatic carbocycles. The smallest absolute Gasteiger partial charge is 0.332 e. The average molecular weight is 258 g/mol. The average Bonchev–Trinajstić information content (AvgIpc) is 2.28. The van der Waals surface area contributed by atoms with Gasteiger partial charge in [0.05, 0.1) is 0 Å². The van der Waals surface area contributed by atoms with E-state index in [1.165, 1.54) is 6.42 Å². The second-order valence-electron chi connectivity index (χ2n) is 4.96. The number of hydrogen-bond acceptors (Lipinski definition) is 3. The van der Waals surface area contributed by atoms with Crippen molar-refractivity contribution < 1.29 is 19.8 Å². The van der Waals surface area contributed by atoms with Crippen molar-refractivity contribution in [1.82, 2.24) is 10.6 Å². The van der Waals surface area contributed by atoms with Gasteiger partial charge in [-0.25, -0.2) is 9.59 Å². The predicted molar refractivity (Wildman–Crippen MR) is 66.2 cm³/mol. The van der Waals surface area contributed by atoms with Crippen LogP contribution in [0.2, 0.25) is 0 Å². The van der Waals surface area contributed by atoms with Crippen molar-refractivity contribution in [3.05, 3.63) is 0 Å². The lowest BCUT2D eigenvalue weighted by Gasteiger charge is -2.41. The van der Waals surface area contributed by atoms with Crippen molar-refractivity contribution >= 4 is 12.0 Å². The van der Waals surface area contributed by atoms with Crippen LogP contribution in [0.5, 0.6) is 0 Å². The summed E-state index contributed by atoms with van der Waals surface area (Å²) in [5, 5.41) is 22.8. The number of carboxylic acids is 1. The number of amides is 2. The van der Waals surface area contributed by atoms with Gasteiger partial charge in [0.2, 0.25) is 0 Å². The largest absolute Gasteiger partial charge is 0.479 e. The normalized spacial score (nSPS) is 18.6. The topological polar surface area (TPSA) is 98.7 Å². The fraction of sp³-hybridized carbons (Fsp3) is 0.833. The minimum atomic E-state index is -1.42. The summed E-state index contributed by atoms with van der Waals surface area (Å²) in [7, 11) is 0. The zero-order valence-electron chi connectivity index (χ0n) is 10.7. The molecule has 4 N–H and O–H groups in total. The molecular weight excluding hydrogens is 236 g/mol. The van der Waals surface area contributed by atoms with Gasteiger partial charge in [0.15, 0.2) is 6.10 Å². The summed E-state index contributed by atoms with van der Waals surface area (Å²) in [4.78, 5) is 21.8. The number of nitrogens with one attached hydrogen (secondary N) is 2. The molecule has 0 aliphatic heterocycles. The van der Waals surface area contributed by atoms with Crippen molar-refractivity contribution in [1.29, 1.82) is 0 Å². The number of carboxylic acid groups (broad SMARTS) is 1. The van der Waals surface area contributed by atoms with Crippen LogP contribution in [0.25, 0.3) is 0 Å². The maximum Gasteiger partial charge on any atom is 0.332 e. The molecule has 1 saturated carbocycles. The van der Waals surface area contributed by atoms with Gasteiger partial charge in [0, 0.05) is 19.5 Å². The molecule has 0 bridgehead atoms. The number of urea groups is 1. The number of aliphatic hydroxyl groups is 1. The molecule has 1 aliphatic carbocycles. The molecule has 18 heavy (non-hydrogen) atoms. The second-order valence-corrected chi connectivity index (χ2v) is 4.96. The van der Waals surface area contributed by atoms with Gasteiger partial charge in [-0.05, 0) is 24.7 Å². The second kappa shape index (κ2) is 6.58. The fourth-order valence-corrected chi connectivity index (χ4v) is 2.11. The third-order valence-corrected chi connectivity index (χ3v) is 3.78. The Balaban J connectivity index is 2.12. The van der Waals surface area contributed by atoms with Gasteiger partial charge in [0.25, 0.3) is 0 Å². The van der Waals surface area contributed by atoms with E-state index in [-0.39, 0.29) is 24.4 Å². The van der Waals surface area contributed by atoms with E-state index in [9.17, 15) is 9.59 Å². The van der Waals surface area contributed by atoms with E-state index in [1.807, 2.05) is 0 Å². The Kier molecular flexibility index (Phi) is 5.40. The quantitative estimate of drug-likeness (QED) is 0.540. The van der Waals surface area contributed by atoms with Crippen molar-refractivity contribution in [2.24, 2.45) is 5.41 Å². The van der Waals surface area contributed by atoms with Crippen LogP contribution in [-0.4, -0.2) is 41.4 Å². The number of carbonyl (C=O) groups excluding carboxylic acids is 1.